The molecule has 0 amide bonds. The number of unbranched alkanes of at least 4 members (excludes halogenated alkanes) is 2. The molecule has 0 aliphatic heterocycles. The molecule has 0 atom stereocenters. The summed E-state index contributed by atoms with van der Waals surface area (Å²) in [7, 11) is 0. The zero-order valence-electron chi connectivity index (χ0n) is 14.2. The second-order valence-corrected chi connectivity index (χ2v) is 6.72. The molecule has 0 N–H and O–H groups in total. The molecule has 0 unspecified atom stereocenters. The van der Waals surface area contributed by atoms with Crippen LogP contribution in [0.3, 0.4) is 0 Å². The molecule has 0 spiro atoms. The molecule has 0 saturated carbocycles. The fourth-order valence-corrected chi connectivity index (χ4v) is 2.13. The third-order valence-corrected chi connectivity index (χ3v) is 3.42. The van der Waals surface area contributed by atoms with Crippen LogP contribution in [-0.4, -0.2) is 25.5 Å². The second kappa shape index (κ2) is 12.2. The Morgan fingerprint density at radius 3 is 2.48 bits per heavy atom. The largest absolute Gasteiger partial charge is 0.489 e. The SMILES string of the molecule is CC(C)=NOCCCCCOc1c(F)cc(OCC=C(Cl)Cl)cc1Cl. The van der Waals surface area contributed by atoms with E-state index in [2.05, 4.69) is 5.16 Å². The van der Waals surface area contributed by atoms with Gasteiger partial charge in [-0.1, -0.05) is 40.0 Å². The highest BCUT2D eigenvalue weighted by atomic mass is 35.5. The van der Waals surface area contributed by atoms with Crippen LogP contribution in [0.5, 0.6) is 11.5 Å². The number of benzene rings is 1. The van der Waals surface area contributed by atoms with Crippen LogP contribution in [0.2, 0.25) is 5.02 Å². The van der Waals surface area contributed by atoms with Crippen LogP contribution >= 0.6 is 34.8 Å². The molecule has 25 heavy (non-hydrogen) atoms. The van der Waals surface area contributed by atoms with E-state index in [0.29, 0.717) is 13.2 Å². The highest BCUT2D eigenvalue weighted by molar-refractivity contribution is 6.55. The van der Waals surface area contributed by atoms with Crippen molar-refractivity contribution in [3.05, 3.63) is 33.5 Å². The lowest BCUT2D eigenvalue weighted by Gasteiger charge is -2.11. The number of nitrogens with zero attached hydrogens (tertiary/aromatic N) is 1. The molecular weight excluding hydrogens is 392 g/mol. The maximum absolute atomic E-state index is 14.1. The van der Waals surface area contributed by atoms with Crippen molar-refractivity contribution in [3.63, 3.8) is 0 Å². The fraction of sp³-hybridized carbons (Fsp3) is 0.471. The van der Waals surface area contributed by atoms with E-state index in [-0.39, 0.29) is 27.6 Å². The Labute approximate surface area is 162 Å². The van der Waals surface area contributed by atoms with Crippen molar-refractivity contribution in [2.75, 3.05) is 19.8 Å². The first kappa shape index (κ1) is 21.9. The Hall–Kier alpha value is -1.17. The van der Waals surface area contributed by atoms with Crippen LogP contribution in [-0.2, 0) is 4.84 Å². The van der Waals surface area contributed by atoms with Gasteiger partial charge in [-0.3, -0.25) is 0 Å². The zero-order valence-corrected chi connectivity index (χ0v) is 16.4. The van der Waals surface area contributed by atoms with Crippen molar-refractivity contribution in [2.45, 2.75) is 33.1 Å². The van der Waals surface area contributed by atoms with Crippen molar-refractivity contribution in [2.24, 2.45) is 5.16 Å². The van der Waals surface area contributed by atoms with Crippen molar-refractivity contribution < 1.29 is 18.7 Å². The minimum absolute atomic E-state index is 0.0161. The number of ether oxygens (including phenoxy) is 2. The number of rotatable bonds is 11. The maximum atomic E-state index is 14.1. The average molecular weight is 413 g/mol. The molecule has 1 rings (SSSR count). The minimum atomic E-state index is -0.584. The van der Waals surface area contributed by atoms with Gasteiger partial charge in [-0.2, -0.15) is 0 Å². The third-order valence-electron chi connectivity index (χ3n) is 2.83. The van der Waals surface area contributed by atoms with Gasteiger partial charge in [0.15, 0.2) is 11.6 Å². The summed E-state index contributed by atoms with van der Waals surface area (Å²) in [4.78, 5) is 5.09. The lowest BCUT2D eigenvalue weighted by molar-refractivity contribution is 0.138. The molecule has 0 aromatic heterocycles. The van der Waals surface area contributed by atoms with Crippen molar-refractivity contribution in [1.29, 1.82) is 0 Å². The van der Waals surface area contributed by atoms with Gasteiger partial charge in [0.25, 0.3) is 0 Å². The molecule has 4 nitrogen and oxygen atoms in total. The van der Waals surface area contributed by atoms with E-state index in [1.807, 2.05) is 13.8 Å². The molecule has 0 fully saturated rings. The predicted molar refractivity (Wildman–Crippen MR) is 101 cm³/mol. The van der Waals surface area contributed by atoms with Crippen molar-refractivity contribution in [1.82, 2.24) is 0 Å². The van der Waals surface area contributed by atoms with E-state index >= 15 is 0 Å². The van der Waals surface area contributed by atoms with Crippen LogP contribution in [0.15, 0.2) is 27.9 Å². The molecule has 8 heteroatoms. The Bertz CT molecular complexity index is 578. The highest BCUT2D eigenvalue weighted by Crippen LogP contribution is 2.32. The van der Waals surface area contributed by atoms with E-state index in [1.54, 1.807) is 0 Å². The summed E-state index contributed by atoms with van der Waals surface area (Å²) in [5.74, 6) is -0.300. The summed E-state index contributed by atoms with van der Waals surface area (Å²) < 4.78 is 24.8. The van der Waals surface area contributed by atoms with Gasteiger partial charge < -0.3 is 14.3 Å². The molecule has 0 aliphatic carbocycles. The van der Waals surface area contributed by atoms with E-state index in [9.17, 15) is 4.39 Å². The van der Waals surface area contributed by atoms with Crippen LogP contribution < -0.4 is 9.47 Å². The van der Waals surface area contributed by atoms with Gasteiger partial charge in [-0.25, -0.2) is 4.39 Å². The number of hydrogen-bond donors (Lipinski definition) is 0. The van der Waals surface area contributed by atoms with E-state index < -0.39 is 5.82 Å². The molecule has 0 aliphatic rings. The van der Waals surface area contributed by atoms with Crippen LogP contribution in [0, 0.1) is 5.82 Å². The Morgan fingerprint density at radius 2 is 1.84 bits per heavy atom. The van der Waals surface area contributed by atoms with Crippen molar-refractivity contribution >= 4 is 40.5 Å². The molecule has 0 saturated heterocycles. The van der Waals surface area contributed by atoms with Gasteiger partial charge in [0.1, 0.15) is 23.5 Å². The van der Waals surface area contributed by atoms with Crippen LogP contribution in [0.4, 0.5) is 4.39 Å². The van der Waals surface area contributed by atoms with Gasteiger partial charge in [-0.05, 0) is 39.2 Å². The normalized spacial score (nSPS) is 10.2. The maximum Gasteiger partial charge on any atom is 0.173 e. The Balaban J connectivity index is 2.36. The number of oxime groups is 1. The molecule has 0 heterocycles. The van der Waals surface area contributed by atoms with E-state index in [1.165, 1.54) is 18.2 Å². The zero-order chi connectivity index (χ0) is 18.7. The summed E-state index contributed by atoms with van der Waals surface area (Å²) in [6.45, 7) is 4.75. The number of halogens is 4. The topological polar surface area (TPSA) is 40.0 Å². The monoisotopic (exact) mass is 411 g/mol. The standard InChI is InChI=1S/C17H21Cl3FNO3/c1-12(2)22-25-8-5-3-4-7-24-17-14(18)10-13(11-15(17)21)23-9-6-16(19)20/h6,10-11H,3-5,7-9H2,1-2H3. The Morgan fingerprint density at radius 1 is 1.12 bits per heavy atom. The van der Waals surface area contributed by atoms with Crippen LogP contribution in [0.25, 0.3) is 0 Å². The van der Waals surface area contributed by atoms with Gasteiger partial charge in [0.2, 0.25) is 0 Å². The summed E-state index contributed by atoms with van der Waals surface area (Å²) >= 11 is 17.0. The molecule has 0 radical (unpaired) electrons. The van der Waals surface area contributed by atoms with E-state index in [0.717, 1.165) is 25.0 Å². The van der Waals surface area contributed by atoms with Gasteiger partial charge in [0, 0.05) is 12.1 Å². The molecular formula is C17H21Cl3FNO3. The predicted octanol–water partition coefficient (Wildman–Crippen LogP) is 6.14. The molecule has 1 aromatic carbocycles. The first-order valence-electron chi connectivity index (χ1n) is 7.79. The van der Waals surface area contributed by atoms with Crippen molar-refractivity contribution in [3.8, 4) is 11.5 Å². The fourth-order valence-electron chi connectivity index (χ4n) is 1.75. The lowest BCUT2D eigenvalue weighted by atomic mass is 10.2. The first-order valence-corrected chi connectivity index (χ1v) is 8.92. The summed E-state index contributed by atoms with van der Waals surface area (Å²) in [6.07, 6.45) is 3.92. The van der Waals surface area contributed by atoms with Crippen LogP contribution in [0.1, 0.15) is 33.1 Å². The number of hydrogen-bond acceptors (Lipinski definition) is 4. The summed E-state index contributed by atoms with van der Waals surface area (Å²) in [5.41, 5.74) is 0.877. The first-order chi connectivity index (χ1) is 11.9. The van der Waals surface area contributed by atoms with Gasteiger partial charge >= 0.3 is 0 Å². The minimum Gasteiger partial charge on any atom is -0.489 e. The third kappa shape index (κ3) is 9.78. The summed E-state index contributed by atoms with van der Waals surface area (Å²) in [6, 6.07) is 2.69. The van der Waals surface area contributed by atoms with Gasteiger partial charge in [-0.15, -0.1) is 0 Å². The van der Waals surface area contributed by atoms with E-state index in [4.69, 9.17) is 49.1 Å². The summed E-state index contributed by atoms with van der Waals surface area (Å²) in [5, 5.41) is 3.99. The van der Waals surface area contributed by atoms with Gasteiger partial charge in [0.05, 0.1) is 17.3 Å². The molecule has 0 bridgehead atoms. The lowest BCUT2D eigenvalue weighted by Crippen LogP contribution is -2.02. The second-order valence-electron chi connectivity index (χ2n) is 5.30. The molecule has 1 aromatic rings. The smallest absolute Gasteiger partial charge is 0.173 e. The Kier molecular flexibility index (Phi) is 10.7. The highest BCUT2D eigenvalue weighted by Gasteiger charge is 2.12. The quantitative estimate of drug-likeness (QED) is 0.249. The average Bonchev–Trinajstić information content (AvgIpc) is 2.51. The molecule has 140 valence electrons.